The van der Waals surface area contributed by atoms with E-state index in [0.29, 0.717) is 26.2 Å². The number of nitrogens with zero attached hydrogens (tertiary/aromatic N) is 3. The molecule has 1 aliphatic rings. The smallest absolute Gasteiger partial charge is 0.357 e. The fraction of sp³-hybridized carbons (Fsp3) is 0.611. The Balaban J connectivity index is 0.00000364. The lowest BCUT2D eigenvalue weighted by Gasteiger charge is -2.23. The third kappa shape index (κ3) is 8.55. The normalized spacial score (nSPS) is 18.3. The zero-order chi connectivity index (χ0) is 19.2. The van der Waals surface area contributed by atoms with Gasteiger partial charge in [-0.15, -0.1) is 24.0 Å². The Morgan fingerprint density at radius 1 is 1.37 bits per heavy atom. The Kier molecular flexibility index (Phi) is 10.4. The van der Waals surface area contributed by atoms with Gasteiger partial charge >= 0.3 is 6.18 Å². The van der Waals surface area contributed by atoms with Crippen LogP contribution >= 0.6 is 39.9 Å². The minimum Gasteiger partial charge on any atom is -0.357 e. The maximum absolute atomic E-state index is 12.5. The van der Waals surface area contributed by atoms with Gasteiger partial charge in [-0.1, -0.05) is 34.1 Å². The van der Waals surface area contributed by atoms with Crippen LogP contribution in [-0.4, -0.2) is 61.7 Å². The van der Waals surface area contributed by atoms with Gasteiger partial charge in [-0.05, 0) is 37.4 Å². The second kappa shape index (κ2) is 11.5. The van der Waals surface area contributed by atoms with E-state index < -0.39 is 12.7 Å². The van der Waals surface area contributed by atoms with Gasteiger partial charge in [0.05, 0.1) is 6.54 Å². The molecular weight excluding hydrogens is 536 g/mol. The maximum atomic E-state index is 12.5. The fourth-order valence-corrected chi connectivity index (χ4v) is 3.51. The van der Waals surface area contributed by atoms with Crippen molar-refractivity contribution in [2.24, 2.45) is 10.9 Å². The highest BCUT2D eigenvalue weighted by atomic mass is 127. The number of likely N-dealkylation sites (tertiary alicyclic amines) is 1. The number of nitrogens with one attached hydrogen (secondary N) is 1. The van der Waals surface area contributed by atoms with Crippen molar-refractivity contribution in [1.29, 1.82) is 0 Å². The van der Waals surface area contributed by atoms with Gasteiger partial charge in [-0.2, -0.15) is 13.2 Å². The molecule has 2 rings (SSSR count). The van der Waals surface area contributed by atoms with E-state index >= 15 is 0 Å². The van der Waals surface area contributed by atoms with Crippen molar-refractivity contribution < 1.29 is 13.2 Å². The predicted octanol–water partition coefficient (Wildman–Crippen LogP) is 4.35. The van der Waals surface area contributed by atoms with Gasteiger partial charge in [0, 0.05) is 37.7 Å². The first-order valence-corrected chi connectivity index (χ1v) is 9.59. The third-order valence-electron chi connectivity index (χ3n) is 4.33. The summed E-state index contributed by atoms with van der Waals surface area (Å²) in [7, 11) is 1.96. The van der Waals surface area contributed by atoms with Gasteiger partial charge in [0.2, 0.25) is 0 Å². The summed E-state index contributed by atoms with van der Waals surface area (Å²) in [4.78, 5) is 8.16. The summed E-state index contributed by atoms with van der Waals surface area (Å²) in [5.41, 5.74) is 1.15. The molecule has 1 aliphatic heterocycles. The zero-order valence-corrected chi connectivity index (χ0v) is 19.5. The van der Waals surface area contributed by atoms with Gasteiger partial charge in [0.25, 0.3) is 0 Å². The molecule has 1 N–H and O–H groups in total. The second-order valence-electron chi connectivity index (χ2n) is 6.65. The molecule has 0 aromatic heterocycles. The highest BCUT2D eigenvalue weighted by Crippen LogP contribution is 2.23. The average molecular weight is 563 g/mol. The summed E-state index contributed by atoms with van der Waals surface area (Å²) < 4.78 is 38.6. The van der Waals surface area contributed by atoms with Gasteiger partial charge < -0.3 is 10.2 Å². The molecule has 0 aliphatic carbocycles. The second-order valence-corrected chi connectivity index (χ2v) is 7.50. The Hall–Kier alpha value is -0.550. The summed E-state index contributed by atoms with van der Waals surface area (Å²) in [6.07, 6.45) is -3.37. The summed E-state index contributed by atoms with van der Waals surface area (Å²) in [5.74, 6) is 0.945. The van der Waals surface area contributed by atoms with Crippen LogP contribution in [0.1, 0.15) is 18.9 Å². The number of aliphatic imine (C=N–C) groups is 1. The third-order valence-corrected chi connectivity index (χ3v) is 5.11. The summed E-state index contributed by atoms with van der Waals surface area (Å²) in [6, 6.07) is 8.02. The Bertz CT molecular complexity index is 613. The largest absolute Gasteiger partial charge is 0.401 e. The minimum atomic E-state index is -4.13. The Labute approximate surface area is 184 Å². The van der Waals surface area contributed by atoms with Gasteiger partial charge in [0.15, 0.2) is 5.96 Å². The Morgan fingerprint density at radius 3 is 2.70 bits per heavy atom. The van der Waals surface area contributed by atoms with Crippen LogP contribution in [0.5, 0.6) is 0 Å². The van der Waals surface area contributed by atoms with Gasteiger partial charge in [-0.25, -0.2) is 0 Å². The number of alkyl halides is 3. The molecule has 0 bridgehead atoms. The SMILES string of the molecule is CCNC(=NCC1CCN(CC(F)(F)F)C1)N(C)Cc1ccccc1Br.I. The van der Waals surface area contributed by atoms with Gasteiger partial charge in [0.1, 0.15) is 0 Å². The van der Waals surface area contributed by atoms with E-state index in [4.69, 9.17) is 0 Å². The lowest BCUT2D eigenvalue weighted by molar-refractivity contribution is -0.143. The molecule has 1 aromatic rings. The molecule has 1 aromatic carbocycles. The van der Waals surface area contributed by atoms with Crippen molar-refractivity contribution in [3.8, 4) is 0 Å². The van der Waals surface area contributed by atoms with Crippen molar-refractivity contribution in [2.45, 2.75) is 26.1 Å². The van der Waals surface area contributed by atoms with E-state index in [9.17, 15) is 13.2 Å². The van der Waals surface area contributed by atoms with E-state index in [1.165, 1.54) is 4.90 Å². The molecule has 0 saturated carbocycles. The molecule has 1 saturated heterocycles. The van der Waals surface area contributed by atoms with E-state index in [0.717, 1.165) is 29.0 Å². The van der Waals surface area contributed by atoms with Crippen LogP contribution in [0.3, 0.4) is 0 Å². The van der Waals surface area contributed by atoms with E-state index in [1.807, 2.05) is 37.1 Å². The lowest BCUT2D eigenvalue weighted by atomic mass is 10.1. The zero-order valence-electron chi connectivity index (χ0n) is 15.6. The van der Waals surface area contributed by atoms with Crippen LogP contribution in [0.25, 0.3) is 0 Å². The van der Waals surface area contributed by atoms with Crippen molar-refractivity contribution in [3.05, 3.63) is 34.3 Å². The van der Waals surface area contributed by atoms with Crippen molar-refractivity contribution >= 4 is 45.9 Å². The number of hydrogen-bond acceptors (Lipinski definition) is 2. The molecule has 1 fully saturated rings. The van der Waals surface area contributed by atoms with Gasteiger partial charge in [-0.3, -0.25) is 9.89 Å². The van der Waals surface area contributed by atoms with E-state index in [-0.39, 0.29) is 29.9 Å². The highest BCUT2D eigenvalue weighted by molar-refractivity contribution is 14.0. The first-order chi connectivity index (χ1) is 12.3. The molecule has 154 valence electrons. The highest BCUT2D eigenvalue weighted by Gasteiger charge is 2.34. The molecule has 0 amide bonds. The Morgan fingerprint density at radius 2 is 2.07 bits per heavy atom. The average Bonchev–Trinajstić information content (AvgIpc) is 2.99. The molecule has 0 radical (unpaired) electrons. The number of rotatable bonds is 6. The standard InChI is InChI=1S/C18H26BrF3N4.HI/c1-3-23-17(25(2)12-15-6-4-5-7-16(15)19)24-10-14-8-9-26(11-14)13-18(20,21)22;/h4-7,14H,3,8-13H2,1-2H3,(H,23,24);1H. The molecule has 0 spiro atoms. The summed E-state index contributed by atoms with van der Waals surface area (Å²) in [5, 5.41) is 3.26. The van der Waals surface area contributed by atoms with Crippen molar-refractivity contribution in [2.75, 3.05) is 39.8 Å². The van der Waals surface area contributed by atoms with Crippen LogP contribution < -0.4 is 5.32 Å². The van der Waals surface area contributed by atoms with Crippen LogP contribution in [-0.2, 0) is 6.54 Å². The lowest BCUT2D eigenvalue weighted by Crippen LogP contribution is -2.39. The number of benzene rings is 1. The molecule has 1 heterocycles. The number of guanidine groups is 1. The molecule has 1 unspecified atom stereocenters. The summed E-state index contributed by atoms with van der Waals surface area (Å²) >= 11 is 3.55. The monoisotopic (exact) mass is 562 g/mol. The molecular formula is C18H27BrF3IN4. The van der Waals surface area contributed by atoms with E-state index in [1.54, 1.807) is 0 Å². The van der Waals surface area contributed by atoms with Crippen molar-refractivity contribution in [1.82, 2.24) is 15.1 Å². The first-order valence-electron chi connectivity index (χ1n) is 8.80. The molecule has 27 heavy (non-hydrogen) atoms. The quantitative estimate of drug-likeness (QED) is 0.318. The topological polar surface area (TPSA) is 30.9 Å². The van der Waals surface area contributed by atoms with E-state index in [2.05, 4.69) is 32.3 Å². The van der Waals surface area contributed by atoms with Crippen LogP contribution in [0, 0.1) is 5.92 Å². The summed E-state index contributed by atoms with van der Waals surface area (Å²) in [6.45, 7) is 4.09. The fourth-order valence-electron chi connectivity index (χ4n) is 3.10. The molecule has 1 atom stereocenters. The first kappa shape index (κ1) is 24.5. The van der Waals surface area contributed by atoms with Crippen LogP contribution in [0.15, 0.2) is 33.7 Å². The molecule has 9 heteroatoms. The van der Waals surface area contributed by atoms with Crippen LogP contribution in [0.4, 0.5) is 13.2 Å². The molecule has 4 nitrogen and oxygen atoms in total. The number of halogens is 5. The maximum Gasteiger partial charge on any atom is 0.401 e. The minimum absolute atomic E-state index is 0. The number of hydrogen-bond donors (Lipinski definition) is 1. The van der Waals surface area contributed by atoms with Crippen LogP contribution in [0.2, 0.25) is 0 Å². The predicted molar refractivity (Wildman–Crippen MR) is 118 cm³/mol. The van der Waals surface area contributed by atoms with Crippen molar-refractivity contribution in [3.63, 3.8) is 0 Å².